The quantitative estimate of drug-likeness (QED) is 0.595. The summed E-state index contributed by atoms with van der Waals surface area (Å²) in [6, 6.07) is 14.2. The predicted octanol–water partition coefficient (Wildman–Crippen LogP) is 1.25. The van der Waals surface area contributed by atoms with Gasteiger partial charge in [-0.15, -0.1) is 0 Å². The maximum Gasteiger partial charge on any atom is 0.220 e. The summed E-state index contributed by atoms with van der Waals surface area (Å²) in [6.45, 7) is 4.11. The van der Waals surface area contributed by atoms with E-state index in [2.05, 4.69) is 29.6 Å². The molecule has 2 atom stereocenters. The van der Waals surface area contributed by atoms with Gasteiger partial charge in [0, 0.05) is 18.5 Å². The lowest BCUT2D eigenvalue weighted by molar-refractivity contribution is -0.925. The SMILES string of the molecule is COc1cc(CCC(=O)NC[C@@H]2C[NH+](Cc3ccccc3)CCO2)cc(OC)c1OC. The Morgan fingerprint density at radius 3 is 2.42 bits per heavy atom. The topological polar surface area (TPSA) is 70.5 Å². The van der Waals surface area contributed by atoms with Gasteiger partial charge in [-0.3, -0.25) is 4.79 Å². The second kappa shape index (κ2) is 11.6. The Morgan fingerprint density at radius 1 is 1.06 bits per heavy atom. The molecule has 0 aromatic heterocycles. The van der Waals surface area contributed by atoms with E-state index in [1.54, 1.807) is 21.3 Å². The van der Waals surface area contributed by atoms with Gasteiger partial charge in [-0.05, 0) is 24.1 Å². The maximum atomic E-state index is 12.4. The standard InChI is InChI=1S/C24H32N2O5/c1-28-21-13-19(14-22(29-2)24(21)30-3)9-10-23(27)25-15-20-17-26(11-12-31-20)16-18-7-5-4-6-8-18/h4-8,13-14,20H,9-12,15-17H2,1-3H3,(H,25,27)/p+1/t20-/m1/s1. The molecule has 7 nitrogen and oxygen atoms in total. The van der Waals surface area contributed by atoms with Gasteiger partial charge in [-0.1, -0.05) is 30.3 Å². The number of carbonyl (C=O) groups excluding carboxylic acids is 1. The monoisotopic (exact) mass is 429 g/mol. The fourth-order valence-corrected chi connectivity index (χ4v) is 3.88. The van der Waals surface area contributed by atoms with Crippen LogP contribution in [0.25, 0.3) is 0 Å². The lowest BCUT2D eigenvalue weighted by Crippen LogP contribution is -3.13. The Bertz CT molecular complexity index is 818. The van der Waals surface area contributed by atoms with Crippen LogP contribution in [0.15, 0.2) is 42.5 Å². The zero-order chi connectivity index (χ0) is 22.1. The van der Waals surface area contributed by atoms with Crippen LogP contribution < -0.4 is 24.4 Å². The summed E-state index contributed by atoms with van der Waals surface area (Å²) >= 11 is 0. The fourth-order valence-electron chi connectivity index (χ4n) is 3.88. The molecule has 1 aliphatic heterocycles. The zero-order valence-corrected chi connectivity index (χ0v) is 18.6. The number of hydrogen-bond acceptors (Lipinski definition) is 5. The number of benzene rings is 2. The largest absolute Gasteiger partial charge is 0.493 e. The van der Waals surface area contributed by atoms with E-state index in [-0.39, 0.29) is 12.0 Å². The summed E-state index contributed by atoms with van der Waals surface area (Å²) < 4.78 is 22.0. The minimum atomic E-state index is 0.00698. The second-order valence-electron chi connectivity index (χ2n) is 7.70. The molecule has 31 heavy (non-hydrogen) atoms. The highest BCUT2D eigenvalue weighted by Gasteiger charge is 2.24. The Morgan fingerprint density at radius 2 is 1.77 bits per heavy atom. The highest BCUT2D eigenvalue weighted by atomic mass is 16.5. The molecule has 1 saturated heterocycles. The molecule has 0 bridgehead atoms. The maximum absolute atomic E-state index is 12.4. The van der Waals surface area contributed by atoms with E-state index >= 15 is 0 Å². The molecular weight excluding hydrogens is 396 g/mol. The summed E-state index contributed by atoms with van der Waals surface area (Å²) in [5.74, 6) is 1.74. The van der Waals surface area contributed by atoms with Gasteiger partial charge in [0.2, 0.25) is 11.7 Å². The van der Waals surface area contributed by atoms with Crippen molar-refractivity contribution < 1.29 is 28.6 Å². The number of rotatable bonds is 10. The van der Waals surface area contributed by atoms with E-state index in [4.69, 9.17) is 18.9 Å². The van der Waals surface area contributed by atoms with Crippen LogP contribution in [-0.4, -0.2) is 59.6 Å². The number of ether oxygens (including phenoxy) is 4. The number of carbonyl (C=O) groups is 1. The van der Waals surface area contributed by atoms with Crippen LogP contribution in [0.1, 0.15) is 17.5 Å². The molecule has 2 aromatic carbocycles. The van der Waals surface area contributed by atoms with Gasteiger partial charge in [0.25, 0.3) is 0 Å². The summed E-state index contributed by atoms with van der Waals surface area (Å²) in [6.07, 6.45) is 1.00. The molecule has 3 rings (SSSR count). The van der Waals surface area contributed by atoms with Gasteiger partial charge in [-0.2, -0.15) is 0 Å². The van der Waals surface area contributed by atoms with E-state index in [0.717, 1.165) is 25.2 Å². The van der Waals surface area contributed by atoms with Crippen LogP contribution in [0.4, 0.5) is 0 Å². The van der Waals surface area contributed by atoms with Crippen molar-refractivity contribution in [3.63, 3.8) is 0 Å². The lowest BCUT2D eigenvalue weighted by atomic mass is 10.1. The Hall–Kier alpha value is -2.77. The summed E-state index contributed by atoms with van der Waals surface area (Å²) in [5, 5.41) is 3.02. The first kappa shape index (κ1) is 22.9. The molecule has 2 aromatic rings. The fraction of sp³-hybridized carbons (Fsp3) is 0.458. The van der Waals surface area contributed by atoms with E-state index in [9.17, 15) is 4.79 Å². The van der Waals surface area contributed by atoms with E-state index in [0.29, 0.717) is 43.2 Å². The Labute approximate surface area is 184 Å². The Kier molecular flexibility index (Phi) is 8.55. The van der Waals surface area contributed by atoms with Gasteiger partial charge in [0.05, 0.1) is 27.9 Å². The molecule has 0 radical (unpaired) electrons. The number of hydrogen-bond donors (Lipinski definition) is 2. The van der Waals surface area contributed by atoms with Crippen molar-refractivity contribution in [2.45, 2.75) is 25.5 Å². The molecule has 2 N–H and O–H groups in total. The lowest BCUT2D eigenvalue weighted by Gasteiger charge is -2.30. The molecular formula is C24H33N2O5+. The third-order valence-electron chi connectivity index (χ3n) is 5.51. The van der Waals surface area contributed by atoms with E-state index < -0.39 is 0 Å². The van der Waals surface area contributed by atoms with Crippen LogP contribution in [0.5, 0.6) is 17.2 Å². The number of nitrogens with one attached hydrogen (secondary N) is 2. The van der Waals surface area contributed by atoms with Crippen molar-refractivity contribution in [3.8, 4) is 17.2 Å². The van der Waals surface area contributed by atoms with Crippen molar-refractivity contribution in [1.29, 1.82) is 0 Å². The molecule has 1 amide bonds. The van der Waals surface area contributed by atoms with Crippen molar-refractivity contribution in [1.82, 2.24) is 5.32 Å². The van der Waals surface area contributed by atoms with Gasteiger partial charge in [0.1, 0.15) is 25.7 Å². The minimum absolute atomic E-state index is 0.00698. The van der Waals surface area contributed by atoms with Crippen LogP contribution in [-0.2, 0) is 22.5 Å². The molecule has 1 fully saturated rings. The Balaban J connectivity index is 1.46. The highest BCUT2D eigenvalue weighted by Crippen LogP contribution is 2.38. The molecule has 1 heterocycles. The predicted molar refractivity (Wildman–Crippen MR) is 118 cm³/mol. The molecule has 168 valence electrons. The number of quaternary nitrogens is 1. The van der Waals surface area contributed by atoms with Crippen molar-refractivity contribution in [2.75, 3.05) is 47.6 Å². The minimum Gasteiger partial charge on any atom is -0.493 e. The molecule has 0 saturated carbocycles. The molecule has 1 unspecified atom stereocenters. The number of morpholine rings is 1. The number of amides is 1. The van der Waals surface area contributed by atoms with Crippen molar-refractivity contribution in [2.24, 2.45) is 0 Å². The molecule has 1 aliphatic rings. The first-order valence-electron chi connectivity index (χ1n) is 10.7. The first-order chi connectivity index (χ1) is 15.1. The van der Waals surface area contributed by atoms with Crippen LogP contribution in [0.2, 0.25) is 0 Å². The van der Waals surface area contributed by atoms with Crippen molar-refractivity contribution in [3.05, 3.63) is 53.6 Å². The summed E-state index contributed by atoms with van der Waals surface area (Å²) in [4.78, 5) is 13.9. The van der Waals surface area contributed by atoms with Crippen LogP contribution in [0, 0.1) is 0 Å². The number of aryl methyl sites for hydroxylation is 1. The van der Waals surface area contributed by atoms with E-state index in [1.807, 2.05) is 18.2 Å². The molecule has 0 aliphatic carbocycles. The zero-order valence-electron chi connectivity index (χ0n) is 18.6. The molecule has 0 spiro atoms. The third-order valence-corrected chi connectivity index (χ3v) is 5.51. The first-order valence-corrected chi connectivity index (χ1v) is 10.7. The van der Waals surface area contributed by atoms with Crippen LogP contribution in [0.3, 0.4) is 0 Å². The third kappa shape index (κ3) is 6.60. The second-order valence-corrected chi connectivity index (χ2v) is 7.70. The number of methoxy groups -OCH3 is 3. The summed E-state index contributed by atoms with van der Waals surface area (Å²) in [7, 11) is 4.74. The van der Waals surface area contributed by atoms with Gasteiger partial charge < -0.3 is 29.2 Å². The van der Waals surface area contributed by atoms with Crippen LogP contribution >= 0.6 is 0 Å². The van der Waals surface area contributed by atoms with Gasteiger partial charge in [-0.25, -0.2) is 0 Å². The average molecular weight is 430 g/mol. The van der Waals surface area contributed by atoms with Gasteiger partial charge in [0.15, 0.2) is 11.5 Å². The van der Waals surface area contributed by atoms with Gasteiger partial charge >= 0.3 is 0 Å². The smallest absolute Gasteiger partial charge is 0.220 e. The summed E-state index contributed by atoms with van der Waals surface area (Å²) in [5.41, 5.74) is 2.28. The average Bonchev–Trinajstić information content (AvgIpc) is 2.81. The van der Waals surface area contributed by atoms with Crippen molar-refractivity contribution >= 4 is 5.91 Å². The molecule has 7 heteroatoms. The highest BCUT2D eigenvalue weighted by molar-refractivity contribution is 5.76. The van der Waals surface area contributed by atoms with E-state index in [1.165, 1.54) is 10.5 Å². The normalized spacial score (nSPS) is 18.3.